The van der Waals surface area contributed by atoms with Crippen molar-refractivity contribution in [3.63, 3.8) is 0 Å². The molecule has 0 aromatic carbocycles. The quantitative estimate of drug-likeness (QED) is 0.331. The molecule has 0 spiro atoms. The topological polar surface area (TPSA) is 29.4 Å². The van der Waals surface area contributed by atoms with E-state index in [1.54, 1.807) is 0 Å². The van der Waals surface area contributed by atoms with E-state index in [2.05, 4.69) is 18.2 Å². The summed E-state index contributed by atoms with van der Waals surface area (Å²) in [7, 11) is 0. The van der Waals surface area contributed by atoms with Gasteiger partial charge in [0.25, 0.3) is 0 Å². The van der Waals surface area contributed by atoms with Crippen LogP contribution < -0.4 is 0 Å². The summed E-state index contributed by atoms with van der Waals surface area (Å²) in [6, 6.07) is 0. The molecule has 3 heteroatoms. The van der Waals surface area contributed by atoms with E-state index in [1.807, 2.05) is 0 Å². The predicted molar refractivity (Wildman–Crippen MR) is 35.4 cm³/mol. The molecule has 0 aromatic heterocycles. The third kappa shape index (κ3) is 5.73. The monoisotopic (exact) mass is 131 g/mol. The second-order valence-corrected chi connectivity index (χ2v) is 2.65. The van der Waals surface area contributed by atoms with Crippen LogP contribution in [0.15, 0.2) is 4.40 Å². The zero-order valence-corrected chi connectivity index (χ0v) is 5.86. The summed E-state index contributed by atoms with van der Waals surface area (Å²) in [6.45, 7) is 4.15. The van der Waals surface area contributed by atoms with Gasteiger partial charge in [0.05, 0.1) is 0 Å². The van der Waals surface area contributed by atoms with Gasteiger partial charge in [-0.2, -0.15) is 0 Å². The highest BCUT2D eigenvalue weighted by molar-refractivity contribution is 7.98. The maximum absolute atomic E-state index is 9.47. The Morgan fingerprint density at radius 3 is 2.75 bits per heavy atom. The number of rotatable bonds is 3. The summed E-state index contributed by atoms with van der Waals surface area (Å²) >= 11 is 1.26. The number of nitrogens with zero attached hydrogens (tertiary/aromatic N) is 1. The zero-order valence-electron chi connectivity index (χ0n) is 5.05. The minimum absolute atomic E-state index is 0.595. The maximum Gasteiger partial charge on any atom is 0.247 e. The van der Waals surface area contributed by atoms with E-state index in [0.717, 1.165) is 5.75 Å². The van der Waals surface area contributed by atoms with Crippen LogP contribution in [0, 0.1) is 5.92 Å². The summed E-state index contributed by atoms with van der Waals surface area (Å²) in [5.41, 5.74) is 0. The van der Waals surface area contributed by atoms with Gasteiger partial charge in [0, 0.05) is 5.75 Å². The standard InChI is InChI=1S/C5H9NOS/c1-5(2)3-8-6-4-7/h5H,3H2,1-2H3. The molecular weight excluding hydrogens is 122 g/mol. The second-order valence-electron chi connectivity index (χ2n) is 1.87. The van der Waals surface area contributed by atoms with Gasteiger partial charge in [-0.25, -0.2) is 4.79 Å². The molecule has 0 aliphatic carbocycles. The zero-order chi connectivity index (χ0) is 6.41. The van der Waals surface area contributed by atoms with E-state index in [-0.39, 0.29) is 0 Å². The number of hydrogen-bond donors (Lipinski definition) is 0. The van der Waals surface area contributed by atoms with Gasteiger partial charge in [-0.15, -0.1) is 4.40 Å². The molecular formula is C5H9NOS. The van der Waals surface area contributed by atoms with Crippen molar-refractivity contribution in [3.8, 4) is 0 Å². The normalized spacial score (nSPS) is 8.88. The van der Waals surface area contributed by atoms with Crippen LogP contribution in [-0.2, 0) is 4.79 Å². The third-order valence-electron chi connectivity index (χ3n) is 0.510. The van der Waals surface area contributed by atoms with E-state index in [4.69, 9.17) is 0 Å². The van der Waals surface area contributed by atoms with E-state index in [0.29, 0.717) is 5.92 Å². The predicted octanol–water partition coefficient (Wildman–Crippen LogP) is 1.63. The average Bonchev–Trinajstić information content (AvgIpc) is 1.66. The lowest BCUT2D eigenvalue weighted by Crippen LogP contribution is -1.87. The molecule has 0 amide bonds. The van der Waals surface area contributed by atoms with E-state index >= 15 is 0 Å². The van der Waals surface area contributed by atoms with Gasteiger partial charge in [0.1, 0.15) is 0 Å². The van der Waals surface area contributed by atoms with Crippen molar-refractivity contribution in [2.24, 2.45) is 10.3 Å². The van der Waals surface area contributed by atoms with Gasteiger partial charge < -0.3 is 0 Å². The van der Waals surface area contributed by atoms with Crippen LogP contribution in [0.4, 0.5) is 0 Å². The van der Waals surface area contributed by atoms with Gasteiger partial charge >= 0.3 is 0 Å². The summed E-state index contributed by atoms with van der Waals surface area (Å²) in [5, 5.41) is 0. The van der Waals surface area contributed by atoms with Crippen LogP contribution in [-0.4, -0.2) is 11.8 Å². The van der Waals surface area contributed by atoms with E-state index < -0.39 is 0 Å². The minimum atomic E-state index is 0.595. The lowest BCUT2D eigenvalue weighted by molar-refractivity contribution is 0.566. The summed E-state index contributed by atoms with van der Waals surface area (Å²) in [4.78, 5) is 9.47. The van der Waals surface area contributed by atoms with Crippen LogP contribution >= 0.6 is 11.9 Å². The third-order valence-corrected chi connectivity index (χ3v) is 1.53. The molecule has 0 N–H and O–H groups in total. The molecule has 0 heterocycles. The summed E-state index contributed by atoms with van der Waals surface area (Å²) in [6.07, 6.45) is 1.46. The molecule has 0 fully saturated rings. The average molecular weight is 131 g/mol. The van der Waals surface area contributed by atoms with Crippen LogP contribution in [0.3, 0.4) is 0 Å². The fourth-order valence-electron chi connectivity index (χ4n) is 0.213. The smallest absolute Gasteiger partial charge is 0.210 e. The van der Waals surface area contributed by atoms with Crippen molar-refractivity contribution >= 4 is 18.0 Å². The maximum atomic E-state index is 9.47. The molecule has 0 radical (unpaired) electrons. The first kappa shape index (κ1) is 7.73. The fraction of sp³-hybridized carbons (Fsp3) is 0.800. The summed E-state index contributed by atoms with van der Waals surface area (Å²) < 4.78 is 3.32. The molecule has 8 heavy (non-hydrogen) atoms. The van der Waals surface area contributed by atoms with Crippen molar-refractivity contribution in [1.82, 2.24) is 0 Å². The Balaban J connectivity index is 3.05. The molecule has 46 valence electrons. The van der Waals surface area contributed by atoms with Crippen LogP contribution in [0.5, 0.6) is 0 Å². The van der Waals surface area contributed by atoms with Crippen molar-refractivity contribution < 1.29 is 4.79 Å². The van der Waals surface area contributed by atoms with Gasteiger partial charge in [0.2, 0.25) is 6.08 Å². The lowest BCUT2D eigenvalue weighted by Gasteiger charge is -1.94. The first-order chi connectivity index (χ1) is 3.77. The minimum Gasteiger partial charge on any atom is -0.210 e. The molecule has 0 unspecified atom stereocenters. The molecule has 0 atom stereocenters. The largest absolute Gasteiger partial charge is 0.247 e. The molecule has 0 rings (SSSR count). The first-order valence-electron chi connectivity index (χ1n) is 2.46. The first-order valence-corrected chi connectivity index (χ1v) is 3.40. The Morgan fingerprint density at radius 2 is 2.38 bits per heavy atom. The van der Waals surface area contributed by atoms with Crippen LogP contribution in [0.25, 0.3) is 0 Å². The number of hydrogen-bond acceptors (Lipinski definition) is 3. The molecule has 0 saturated heterocycles. The highest BCUT2D eigenvalue weighted by atomic mass is 32.2. The summed E-state index contributed by atoms with van der Waals surface area (Å²) in [5.74, 6) is 1.49. The van der Waals surface area contributed by atoms with Crippen LogP contribution in [0.1, 0.15) is 13.8 Å². The van der Waals surface area contributed by atoms with Gasteiger partial charge in [0.15, 0.2) is 0 Å². The molecule has 0 saturated carbocycles. The SMILES string of the molecule is CC(C)CSN=C=O. The Hall–Kier alpha value is -0.270. The number of carbonyl (C=O) groups excluding carboxylic acids is 1. The highest BCUT2D eigenvalue weighted by Gasteiger charge is 1.89. The molecule has 0 bridgehead atoms. The molecule has 0 aromatic rings. The van der Waals surface area contributed by atoms with Crippen molar-refractivity contribution in [3.05, 3.63) is 0 Å². The van der Waals surface area contributed by atoms with Gasteiger partial charge in [-0.3, -0.25) is 0 Å². The van der Waals surface area contributed by atoms with Crippen molar-refractivity contribution in [2.75, 3.05) is 5.75 Å². The molecule has 0 aliphatic heterocycles. The van der Waals surface area contributed by atoms with Crippen molar-refractivity contribution in [2.45, 2.75) is 13.8 Å². The van der Waals surface area contributed by atoms with Crippen molar-refractivity contribution in [1.29, 1.82) is 0 Å². The Kier molecular flexibility index (Phi) is 4.71. The van der Waals surface area contributed by atoms with E-state index in [9.17, 15) is 4.79 Å². The van der Waals surface area contributed by atoms with Gasteiger partial charge in [-0.05, 0) is 17.9 Å². The Bertz CT molecular complexity index is 96.6. The van der Waals surface area contributed by atoms with Crippen LogP contribution in [0.2, 0.25) is 0 Å². The fourth-order valence-corrected chi connectivity index (χ4v) is 0.638. The van der Waals surface area contributed by atoms with Gasteiger partial charge in [-0.1, -0.05) is 13.8 Å². The Labute approximate surface area is 53.5 Å². The highest BCUT2D eigenvalue weighted by Crippen LogP contribution is 2.06. The lowest BCUT2D eigenvalue weighted by atomic mass is 10.3. The van der Waals surface area contributed by atoms with E-state index in [1.165, 1.54) is 18.0 Å². The Morgan fingerprint density at radius 1 is 1.75 bits per heavy atom. The number of isocyanates is 1. The molecule has 2 nitrogen and oxygen atoms in total. The second kappa shape index (κ2) is 4.88. The molecule has 0 aliphatic rings.